The molecule has 0 radical (unpaired) electrons. The molecule has 1 aromatic carbocycles. The summed E-state index contributed by atoms with van der Waals surface area (Å²) in [6.07, 6.45) is 4.76. The first-order valence-corrected chi connectivity index (χ1v) is 9.44. The molecule has 8 heteroatoms. The van der Waals surface area contributed by atoms with Crippen LogP contribution in [0.2, 0.25) is 0 Å². The molecule has 1 aromatic heterocycles. The summed E-state index contributed by atoms with van der Waals surface area (Å²) < 4.78 is 2.01. The number of imidazole rings is 1. The number of piperazine rings is 1. The number of hydrogen-bond acceptors (Lipinski definition) is 4. The fourth-order valence-corrected chi connectivity index (χ4v) is 4.14. The van der Waals surface area contributed by atoms with Crippen molar-refractivity contribution in [1.29, 1.82) is 0 Å². The monoisotopic (exact) mass is 425 g/mol. The standard InChI is InChI=1S/C20H27N5O.2ClH/c1-15(24-10-7-16-5-3-4-6-17(16)14-24)20(26)25-12-8-21-13-18(25)19-22-9-11-23(19)2;;/h3-6,9,11,15,18,21H,7-8,10,12-14H2,1-2H3;2*1H. The Morgan fingerprint density at radius 3 is 2.68 bits per heavy atom. The molecule has 2 aromatic rings. The summed E-state index contributed by atoms with van der Waals surface area (Å²) in [5.41, 5.74) is 2.76. The highest BCUT2D eigenvalue weighted by Gasteiger charge is 2.35. The van der Waals surface area contributed by atoms with Gasteiger partial charge >= 0.3 is 0 Å². The molecule has 0 spiro atoms. The molecule has 0 saturated carbocycles. The fourth-order valence-electron chi connectivity index (χ4n) is 4.14. The van der Waals surface area contributed by atoms with Gasteiger partial charge in [0, 0.05) is 52.2 Å². The topological polar surface area (TPSA) is 53.4 Å². The Morgan fingerprint density at radius 1 is 1.21 bits per heavy atom. The fraction of sp³-hybridized carbons (Fsp3) is 0.500. The van der Waals surface area contributed by atoms with Gasteiger partial charge < -0.3 is 14.8 Å². The maximum absolute atomic E-state index is 13.3. The largest absolute Gasteiger partial charge is 0.336 e. The number of aryl methyl sites for hydroxylation is 1. The molecule has 2 unspecified atom stereocenters. The van der Waals surface area contributed by atoms with Crippen molar-refractivity contribution in [2.24, 2.45) is 7.05 Å². The van der Waals surface area contributed by atoms with Gasteiger partial charge in [0.25, 0.3) is 0 Å². The van der Waals surface area contributed by atoms with E-state index in [2.05, 4.69) is 39.5 Å². The van der Waals surface area contributed by atoms with Crippen molar-refractivity contribution in [3.05, 3.63) is 53.6 Å². The zero-order valence-electron chi connectivity index (χ0n) is 16.4. The van der Waals surface area contributed by atoms with E-state index in [9.17, 15) is 4.79 Å². The molecule has 1 N–H and O–H groups in total. The molecule has 1 saturated heterocycles. The first kappa shape index (κ1) is 22.7. The molecular formula is C20H29Cl2N5O. The lowest BCUT2D eigenvalue weighted by Crippen LogP contribution is -2.55. The van der Waals surface area contributed by atoms with E-state index in [-0.39, 0.29) is 42.8 Å². The van der Waals surface area contributed by atoms with Gasteiger partial charge in [0.1, 0.15) is 11.9 Å². The Morgan fingerprint density at radius 2 is 1.96 bits per heavy atom. The molecule has 1 fully saturated rings. The van der Waals surface area contributed by atoms with Crippen LogP contribution in [-0.4, -0.2) is 57.5 Å². The maximum Gasteiger partial charge on any atom is 0.240 e. The van der Waals surface area contributed by atoms with E-state index in [1.165, 1.54) is 11.1 Å². The lowest BCUT2D eigenvalue weighted by Gasteiger charge is -2.40. The van der Waals surface area contributed by atoms with Gasteiger partial charge in [-0.1, -0.05) is 24.3 Å². The third kappa shape index (κ3) is 4.35. The summed E-state index contributed by atoms with van der Waals surface area (Å²) in [7, 11) is 1.99. The molecule has 3 heterocycles. The first-order valence-electron chi connectivity index (χ1n) is 9.44. The molecule has 0 aliphatic carbocycles. The van der Waals surface area contributed by atoms with Crippen LogP contribution in [0.4, 0.5) is 0 Å². The van der Waals surface area contributed by atoms with Crippen molar-refractivity contribution >= 4 is 30.7 Å². The second kappa shape index (κ2) is 9.74. The van der Waals surface area contributed by atoms with Gasteiger partial charge in [0.2, 0.25) is 5.91 Å². The highest BCUT2D eigenvalue weighted by atomic mass is 35.5. The number of rotatable bonds is 3. The Bertz CT molecular complexity index is 796. The minimum Gasteiger partial charge on any atom is -0.336 e. The predicted octanol–water partition coefficient (Wildman–Crippen LogP) is 2.18. The van der Waals surface area contributed by atoms with E-state index in [0.717, 1.165) is 45.0 Å². The van der Waals surface area contributed by atoms with Crippen molar-refractivity contribution in [3.63, 3.8) is 0 Å². The molecule has 2 aliphatic heterocycles. The quantitative estimate of drug-likeness (QED) is 0.818. The number of carbonyl (C=O) groups is 1. The zero-order valence-corrected chi connectivity index (χ0v) is 18.0. The van der Waals surface area contributed by atoms with Crippen LogP contribution in [0.1, 0.15) is 29.9 Å². The zero-order chi connectivity index (χ0) is 18.1. The van der Waals surface area contributed by atoms with Crippen LogP contribution in [0.3, 0.4) is 0 Å². The Hall–Kier alpha value is -1.60. The van der Waals surface area contributed by atoms with E-state index in [1.54, 1.807) is 6.20 Å². The van der Waals surface area contributed by atoms with Crippen LogP contribution in [-0.2, 0) is 24.8 Å². The van der Waals surface area contributed by atoms with Crippen molar-refractivity contribution in [3.8, 4) is 0 Å². The minimum absolute atomic E-state index is 0. The van der Waals surface area contributed by atoms with E-state index >= 15 is 0 Å². The van der Waals surface area contributed by atoms with Crippen molar-refractivity contribution < 1.29 is 4.79 Å². The third-order valence-electron chi connectivity index (χ3n) is 5.75. The van der Waals surface area contributed by atoms with E-state index in [4.69, 9.17) is 0 Å². The summed E-state index contributed by atoms with van der Waals surface area (Å²) in [5.74, 6) is 1.15. The molecule has 28 heavy (non-hydrogen) atoms. The molecule has 2 aliphatic rings. The second-order valence-electron chi connectivity index (χ2n) is 7.31. The van der Waals surface area contributed by atoms with Crippen molar-refractivity contribution in [2.45, 2.75) is 32.0 Å². The van der Waals surface area contributed by atoms with E-state index < -0.39 is 0 Å². The summed E-state index contributed by atoms with van der Waals surface area (Å²) in [5, 5.41) is 3.41. The number of hydrogen-bond donors (Lipinski definition) is 1. The maximum atomic E-state index is 13.3. The number of fused-ring (bicyclic) bond motifs is 1. The molecule has 2 atom stereocenters. The van der Waals surface area contributed by atoms with Gasteiger partial charge in [-0.15, -0.1) is 24.8 Å². The highest BCUT2D eigenvalue weighted by Crippen LogP contribution is 2.25. The van der Waals surface area contributed by atoms with Crippen molar-refractivity contribution in [2.75, 3.05) is 26.2 Å². The first-order chi connectivity index (χ1) is 12.6. The molecule has 154 valence electrons. The molecular weight excluding hydrogens is 397 g/mol. The van der Waals surface area contributed by atoms with Crippen LogP contribution in [0.25, 0.3) is 0 Å². The molecule has 6 nitrogen and oxygen atoms in total. The van der Waals surface area contributed by atoms with Crippen LogP contribution in [0.15, 0.2) is 36.7 Å². The number of aromatic nitrogens is 2. The molecule has 0 bridgehead atoms. The number of benzene rings is 1. The van der Waals surface area contributed by atoms with Gasteiger partial charge in [0.05, 0.1) is 6.04 Å². The molecule has 4 rings (SSSR count). The van der Waals surface area contributed by atoms with Crippen LogP contribution in [0, 0.1) is 0 Å². The lowest BCUT2D eigenvalue weighted by molar-refractivity contribution is -0.140. The average molecular weight is 426 g/mol. The van der Waals surface area contributed by atoms with Gasteiger partial charge in [-0.05, 0) is 24.5 Å². The van der Waals surface area contributed by atoms with Gasteiger partial charge in [-0.25, -0.2) is 4.98 Å². The SMILES string of the molecule is CC(C(=O)N1CCNCC1c1nccn1C)N1CCc2ccccc2C1.Cl.Cl. The van der Waals surface area contributed by atoms with Gasteiger partial charge in [0.15, 0.2) is 0 Å². The number of halogens is 2. The van der Waals surface area contributed by atoms with E-state index in [0.29, 0.717) is 0 Å². The third-order valence-corrected chi connectivity index (χ3v) is 5.75. The normalized spacial score (nSPS) is 20.5. The predicted molar refractivity (Wildman–Crippen MR) is 115 cm³/mol. The average Bonchev–Trinajstić information content (AvgIpc) is 3.12. The molecule has 1 amide bonds. The Labute approximate surface area is 179 Å². The van der Waals surface area contributed by atoms with E-state index in [1.807, 2.05) is 29.6 Å². The minimum atomic E-state index is -0.121. The Balaban J connectivity index is 0.00000140. The number of nitrogens with one attached hydrogen (secondary N) is 1. The van der Waals surface area contributed by atoms with Crippen LogP contribution in [0.5, 0.6) is 0 Å². The van der Waals surface area contributed by atoms with Gasteiger partial charge in [-0.2, -0.15) is 0 Å². The van der Waals surface area contributed by atoms with Crippen LogP contribution < -0.4 is 5.32 Å². The number of nitrogens with zero attached hydrogens (tertiary/aromatic N) is 4. The summed E-state index contributed by atoms with van der Waals surface area (Å²) in [4.78, 5) is 22.2. The summed E-state index contributed by atoms with van der Waals surface area (Å²) in [6, 6.07) is 8.44. The summed E-state index contributed by atoms with van der Waals surface area (Å²) in [6.45, 7) is 6.15. The lowest BCUT2D eigenvalue weighted by atomic mass is 9.98. The highest BCUT2D eigenvalue weighted by molar-refractivity contribution is 5.85. The summed E-state index contributed by atoms with van der Waals surface area (Å²) >= 11 is 0. The Kier molecular flexibility index (Phi) is 7.89. The second-order valence-corrected chi connectivity index (χ2v) is 7.31. The number of amides is 1. The van der Waals surface area contributed by atoms with Crippen LogP contribution >= 0.6 is 24.8 Å². The van der Waals surface area contributed by atoms with Gasteiger partial charge in [-0.3, -0.25) is 9.69 Å². The van der Waals surface area contributed by atoms with Crippen molar-refractivity contribution in [1.82, 2.24) is 24.7 Å². The smallest absolute Gasteiger partial charge is 0.240 e. The number of carbonyl (C=O) groups excluding carboxylic acids is 1.